The first kappa shape index (κ1) is 22.2. The van der Waals surface area contributed by atoms with Crippen LogP contribution >= 0.6 is 0 Å². The smallest absolute Gasteiger partial charge is 0.341 e. The van der Waals surface area contributed by atoms with Crippen molar-refractivity contribution >= 4 is 17.6 Å². The Balaban J connectivity index is 2.14. The third-order valence-corrected chi connectivity index (χ3v) is 4.34. The Morgan fingerprint density at radius 2 is 1.93 bits per heavy atom. The third-order valence-electron chi connectivity index (χ3n) is 4.34. The second-order valence-electron chi connectivity index (χ2n) is 6.43. The van der Waals surface area contributed by atoms with E-state index >= 15 is 0 Å². The van der Waals surface area contributed by atoms with Gasteiger partial charge in [0.05, 0.1) is 20.5 Å². The fraction of sp³-hybridized carbons (Fsp3) is 0.292. The minimum atomic E-state index is -0.510. The first-order chi connectivity index (χ1) is 14.1. The van der Waals surface area contributed by atoms with Crippen LogP contribution in [0.3, 0.4) is 0 Å². The summed E-state index contributed by atoms with van der Waals surface area (Å²) in [7, 11) is 2.77. The van der Waals surface area contributed by atoms with Crippen molar-refractivity contribution in [2.45, 2.75) is 32.8 Å². The largest absolute Gasteiger partial charge is 0.503 e. The van der Waals surface area contributed by atoms with Crippen LogP contribution < -0.4 is 4.74 Å². The first-order valence-corrected chi connectivity index (χ1v) is 9.59. The lowest BCUT2D eigenvalue weighted by atomic mass is 10.0. The van der Waals surface area contributed by atoms with E-state index in [0.29, 0.717) is 16.9 Å². The summed E-state index contributed by atoms with van der Waals surface area (Å²) in [6.45, 7) is 2.29. The first-order valence-electron chi connectivity index (χ1n) is 9.59. The summed E-state index contributed by atoms with van der Waals surface area (Å²) in [5.41, 5.74) is 2.21. The van der Waals surface area contributed by atoms with Gasteiger partial charge in [0.15, 0.2) is 0 Å². The Labute approximate surface area is 171 Å². The van der Waals surface area contributed by atoms with Gasteiger partial charge in [0.25, 0.3) is 0 Å². The van der Waals surface area contributed by atoms with E-state index in [0.717, 1.165) is 24.8 Å². The number of hydrogen-bond donors (Lipinski definition) is 0. The fourth-order valence-electron chi connectivity index (χ4n) is 2.78. The van der Waals surface area contributed by atoms with E-state index in [1.807, 2.05) is 24.3 Å². The van der Waals surface area contributed by atoms with Crippen LogP contribution in [0.25, 0.3) is 11.6 Å². The molecule has 0 atom stereocenters. The van der Waals surface area contributed by atoms with E-state index in [2.05, 4.69) is 6.92 Å². The molecule has 0 spiro atoms. The maximum Gasteiger partial charge on any atom is 0.341 e. The van der Waals surface area contributed by atoms with Gasteiger partial charge in [-0.2, -0.15) is 0 Å². The van der Waals surface area contributed by atoms with Crippen LogP contribution in [0.5, 0.6) is 5.75 Å². The Kier molecular flexibility index (Phi) is 8.96. The molecule has 0 N–H and O–H groups in total. The Morgan fingerprint density at radius 1 is 1.14 bits per heavy atom. The molecule has 0 saturated carbocycles. The SMILES string of the molecule is CCCC/C=C/c1ccc(OCc2ccccc2/C(=C\OC)C(=O)OC)cc1F. The lowest BCUT2D eigenvalue weighted by molar-refractivity contribution is -0.133. The molecule has 0 fully saturated rings. The summed E-state index contributed by atoms with van der Waals surface area (Å²) in [6, 6.07) is 12.1. The predicted octanol–water partition coefficient (Wildman–Crippen LogP) is 5.77. The third kappa shape index (κ3) is 6.49. The van der Waals surface area contributed by atoms with Gasteiger partial charge in [0, 0.05) is 11.6 Å². The molecule has 0 bridgehead atoms. The van der Waals surface area contributed by atoms with E-state index in [4.69, 9.17) is 14.2 Å². The molecule has 2 aromatic carbocycles. The number of carbonyl (C=O) groups excluding carboxylic acids is 1. The fourth-order valence-corrected chi connectivity index (χ4v) is 2.78. The number of methoxy groups -OCH3 is 2. The number of halogens is 1. The number of carbonyl (C=O) groups is 1. The lowest BCUT2D eigenvalue weighted by Gasteiger charge is -2.13. The van der Waals surface area contributed by atoms with E-state index in [-0.39, 0.29) is 18.0 Å². The second-order valence-corrected chi connectivity index (χ2v) is 6.43. The minimum Gasteiger partial charge on any atom is -0.503 e. The van der Waals surface area contributed by atoms with Gasteiger partial charge in [-0.05, 0) is 29.7 Å². The Hall–Kier alpha value is -3.08. The number of esters is 1. The molecule has 4 nitrogen and oxygen atoms in total. The van der Waals surface area contributed by atoms with Crippen molar-refractivity contribution in [3.05, 3.63) is 77.3 Å². The van der Waals surface area contributed by atoms with Crippen molar-refractivity contribution in [3.8, 4) is 5.75 Å². The molecule has 5 heteroatoms. The molecule has 0 radical (unpaired) electrons. The van der Waals surface area contributed by atoms with Crippen molar-refractivity contribution in [2.75, 3.05) is 14.2 Å². The molecule has 0 aliphatic heterocycles. The van der Waals surface area contributed by atoms with E-state index in [1.165, 1.54) is 26.5 Å². The predicted molar refractivity (Wildman–Crippen MR) is 113 cm³/mol. The topological polar surface area (TPSA) is 44.8 Å². The van der Waals surface area contributed by atoms with Crippen LogP contribution in [0.2, 0.25) is 0 Å². The maximum absolute atomic E-state index is 14.3. The molecular formula is C24H27FO4. The summed E-state index contributed by atoms with van der Waals surface area (Å²) in [4.78, 5) is 12.1. The van der Waals surface area contributed by atoms with Crippen LogP contribution in [-0.2, 0) is 20.9 Å². The molecule has 0 unspecified atom stereocenters. The lowest BCUT2D eigenvalue weighted by Crippen LogP contribution is -2.08. The highest BCUT2D eigenvalue weighted by atomic mass is 19.1. The molecule has 0 amide bonds. The Morgan fingerprint density at radius 3 is 2.62 bits per heavy atom. The molecule has 0 aliphatic rings. The van der Waals surface area contributed by atoms with Crippen LogP contribution in [0.1, 0.15) is 42.9 Å². The number of ether oxygens (including phenoxy) is 3. The molecule has 0 aliphatic carbocycles. The van der Waals surface area contributed by atoms with Gasteiger partial charge >= 0.3 is 5.97 Å². The summed E-state index contributed by atoms with van der Waals surface area (Å²) in [6.07, 6.45) is 8.24. The molecule has 154 valence electrons. The van der Waals surface area contributed by atoms with E-state index in [1.54, 1.807) is 24.3 Å². The van der Waals surface area contributed by atoms with Gasteiger partial charge in [-0.3, -0.25) is 0 Å². The van der Waals surface area contributed by atoms with Gasteiger partial charge in [-0.15, -0.1) is 0 Å². The Bertz CT molecular complexity index is 871. The normalized spacial score (nSPS) is 11.5. The second kappa shape index (κ2) is 11.7. The molecule has 0 heterocycles. The highest BCUT2D eigenvalue weighted by Gasteiger charge is 2.17. The molecule has 2 rings (SSSR count). The number of unbranched alkanes of at least 4 members (excludes halogenated alkanes) is 2. The number of allylic oxidation sites excluding steroid dienone is 1. The number of rotatable bonds is 10. The molecule has 2 aromatic rings. The van der Waals surface area contributed by atoms with Crippen molar-refractivity contribution in [1.82, 2.24) is 0 Å². The maximum atomic E-state index is 14.3. The number of benzene rings is 2. The van der Waals surface area contributed by atoms with Crippen LogP contribution in [0.15, 0.2) is 54.8 Å². The highest BCUT2D eigenvalue weighted by Crippen LogP contribution is 2.24. The standard InChI is InChI=1S/C24H27FO4/c1-4-5-6-7-10-18-13-14-20(15-23(18)25)29-16-19-11-8-9-12-21(19)22(17-27-2)24(26)28-3/h7-15,17H,4-6,16H2,1-3H3/b10-7+,22-17+. The van der Waals surface area contributed by atoms with E-state index < -0.39 is 5.97 Å². The van der Waals surface area contributed by atoms with Gasteiger partial charge < -0.3 is 14.2 Å². The van der Waals surface area contributed by atoms with Gasteiger partial charge in [0.1, 0.15) is 23.7 Å². The molecule has 0 aromatic heterocycles. The van der Waals surface area contributed by atoms with Crippen LogP contribution in [-0.4, -0.2) is 20.2 Å². The zero-order valence-electron chi connectivity index (χ0n) is 17.1. The molecule has 29 heavy (non-hydrogen) atoms. The average molecular weight is 398 g/mol. The summed E-state index contributed by atoms with van der Waals surface area (Å²) >= 11 is 0. The van der Waals surface area contributed by atoms with Gasteiger partial charge in [-0.1, -0.05) is 56.2 Å². The van der Waals surface area contributed by atoms with Crippen molar-refractivity contribution in [2.24, 2.45) is 0 Å². The van der Waals surface area contributed by atoms with E-state index in [9.17, 15) is 9.18 Å². The highest BCUT2D eigenvalue weighted by molar-refractivity contribution is 6.16. The van der Waals surface area contributed by atoms with Crippen molar-refractivity contribution in [3.63, 3.8) is 0 Å². The average Bonchev–Trinajstić information content (AvgIpc) is 2.74. The van der Waals surface area contributed by atoms with Gasteiger partial charge in [-0.25, -0.2) is 9.18 Å². The number of hydrogen-bond acceptors (Lipinski definition) is 4. The van der Waals surface area contributed by atoms with Crippen LogP contribution in [0.4, 0.5) is 4.39 Å². The molecule has 0 saturated heterocycles. The van der Waals surface area contributed by atoms with Crippen molar-refractivity contribution in [1.29, 1.82) is 0 Å². The monoisotopic (exact) mass is 398 g/mol. The van der Waals surface area contributed by atoms with Crippen LogP contribution in [0, 0.1) is 5.82 Å². The minimum absolute atomic E-state index is 0.166. The summed E-state index contributed by atoms with van der Waals surface area (Å²) in [5.74, 6) is -0.430. The quantitative estimate of drug-likeness (QED) is 0.221. The zero-order chi connectivity index (χ0) is 21.1. The summed E-state index contributed by atoms with van der Waals surface area (Å²) < 4.78 is 29.9. The van der Waals surface area contributed by atoms with Gasteiger partial charge in [0.2, 0.25) is 0 Å². The molecular weight excluding hydrogens is 371 g/mol. The summed E-state index contributed by atoms with van der Waals surface area (Å²) in [5, 5.41) is 0. The van der Waals surface area contributed by atoms with Crippen molar-refractivity contribution < 1.29 is 23.4 Å². The zero-order valence-corrected chi connectivity index (χ0v) is 17.1.